The second kappa shape index (κ2) is 8.13. The van der Waals surface area contributed by atoms with Gasteiger partial charge in [0.05, 0.1) is 30.2 Å². The molecule has 2 aromatic carbocycles. The van der Waals surface area contributed by atoms with Crippen LogP contribution in [0, 0.1) is 0 Å². The lowest BCUT2D eigenvalue weighted by Gasteiger charge is -2.15. The van der Waals surface area contributed by atoms with Gasteiger partial charge in [0.25, 0.3) is 0 Å². The molecule has 0 radical (unpaired) electrons. The van der Waals surface area contributed by atoms with Crippen molar-refractivity contribution in [3.05, 3.63) is 47.5 Å². The maximum Gasteiger partial charge on any atom is 0.237 e. The Hall–Kier alpha value is -1.85. The molecule has 0 aliphatic heterocycles. The highest BCUT2D eigenvalue weighted by Crippen LogP contribution is 2.32. The van der Waals surface area contributed by atoms with Gasteiger partial charge in [-0.1, -0.05) is 23.7 Å². The van der Waals surface area contributed by atoms with E-state index in [0.717, 1.165) is 4.90 Å². The van der Waals surface area contributed by atoms with Crippen LogP contribution in [0.5, 0.6) is 11.5 Å². The highest BCUT2D eigenvalue weighted by atomic mass is 35.5. The summed E-state index contributed by atoms with van der Waals surface area (Å²) in [6, 6.07) is 12.7. The molecule has 0 saturated carbocycles. The van der Waals surface area contributed by atoms with Crippen LogP contribution < -0.4 is 14.8 Å². The molecule has 2 aromatic rings. The zero-order valence-electron chi connectivity index (χ0n) is 13.1. The van der Waals surface area contributed by atoms with Gasteiger partial charge in [-0.25, -0.2) is 0 Å². The van der Waals surface area contributed by atoms with Crippen molar-refractivity contribution in [1.29, 1.82) is 0 Å². The zero-order chi connectivity index (χ0) is 16.8. The summed E-state index contributed by atoms with van der Waals surface area (Å²) >= 11 is 7.54. The number of thioether (sulfide) groups is 1. The molecule has 4 nitrogen and oxygen atoms in total. The molecule has 0 spiro atoms. The van der Waals surface area contributed by atoms with Crippen LogP contribution in [0.1, 0.15) is 6.92 Å². The Bertz CT molecular complexity index is 693. The van der Waals surface area contributed by atoms with Crippen molar-refractivity contribution < 1.29 is 14.3 Å². The summed E-state index contributed by atoms with van der Waals surface area (Å²) in [5.41, 5.74) is 0.602. The molecule has 1 N–H and O–H groups in total. The number of benzene rings is 2. The van der Waals surface area contributed by atoms with Gasteiger partial charge in [-0.05, 0) is 31.2 Å². The third-order valence-corrected chi connectivity index (χ3v) is 4.80. The molecule has 0 fully saturated rings. The number of halogens is 1. The van der Waals surface area contributed by atoms with E-state index in [-0.39, 0.29) is 11.2 Å². The van der Waals surface area contributed by atoms with Crippen LogP contribution in [0.2, 0.25) is 5.02 Å². The highest BCUT2D eigenvalue weighted by molar-refractivity contribution is 8.00. The Kier molecular flexibility index (Phi) is 6.19. The van der Waals surface area contributed by atoms with Crippen molar-refractivity contribution in [2.45, 2.75) is 17.1 Å². The molecule has 1 amide bonds. The lowest BCUT2D eigenvalue weighted by atomic mass is 10.2. The van der Waals surface area contributed by atoms with Crippen molar-refractivity contribution in [3.8, 4) is 11.5 Å². The first-order chi connectivity index (χ1) is 11.0. The Morgan fingerprint density at radius 3 is 2.57 bits per heavy atom. The van der Waals surface area contributed by atoms with Gasteiger partial charge in [-0.15, -0.1) is 11.8 Å². The predicted octanol–water partition coefficient (Wildman–Crippen LogP) is 4.48. The van der Waals surface area contributed by atoms with Crippen LogP contribution in [0.25, 0.3) is 0 Å². The molecule has 1 unspecified atom stereocenters. The van der Waals surface area contributed by atoms with Crippen LogP contribution in [0.4, 0.5) is 5.69 Å². The van der Waals surface area contributed by atoms with Crippen molar-refractivity contribution in [3.63, 3.8) is 0 Å². The van der Waals surface area contributed by atoms with Crippen LogP contribution >= 0.6 is 23.4 Å². The minimum atomic E-state index is -0.304. The lowest BCUT2D eigenvalue weighted by Crippen LogP contribution is -2.22. The van der Waals surface area contributed by atoms with E-state index in [1.54, 1.807) is 38.5 Å². The first kappa shape index (κ1) is 17.5. The molecule has 0 heterocycles. The number of hydrogen-bond acceptors (Lipinski definition) is 4. The molecule has 0 aromatic heterocycles. The number of amides is 1. The van der Waals surface area contributed by atoms with Gasteiger partial charge in [0.15, 0.2) is 0 Å². The van der Waals surface area contributed by atoms with Crippen molar-refractivity contribution >= 4 is 35.0 Å². The van der Waals surface area contributed by atoms with E-state index in [9.17, 15) is 4.79 Å². The zero-order valence-corrected chi connectivity index (χ0v) is 14.7. The van der Waals surface area contributed by atoms with Crippen LogP contribution in [0.15, 0.2) is 47.4 Å². The highest BCUT2D eigenvalue weighted by Gasteiger charge is 2.17. The molecule has 2 rings (SSSR count). The Labute approximate surface area is 145 Å². The molecular weight excluding hydrogens is 334 g/mol. The van der Waals surface area contributed by atoms with E-state index in [1.165, 1.54) is 11.8 Å². The summed E-state index contributed by atoms with van der Waals surface area (Å²) in [6.07, 6.45) is 0. The lowest BCUT2D eigenvalue weighted by molar-refractivity contribution is -0.115. The SMILES string of the molecule is COc1ccc(NC(=O)C(C)Sc2ccccc2Cl)c(OC)c1. The molecule has 0 bridgehead atoms. The second-order valence-electron chi connectivity index (χ2n) is 4.75. The summed E-state index contributed by atoms with van der Waals surface area (Å²) in [5, 5.41) is 3.20. The number of hydrogen-bond donors (Lipinski definition) is 1. The Balaban J connectivity index is 2.08. The number of rotatable bonds is 6. The summed E-state index contributed by atoms with van der Waals surface area (Å²) < 4.78 is 10.4. The number of methoxy groups -OCH3 is 2. The van der Waals surface area contributed by atoms with Crippen molar-refractivity contribution in [1.82, 2.24) is 0 Å². The normalized spacial score (nSPS) is 11.7. The smallest absolute Gasteiger partial charge is 0.237 e. The fourth-order valence-electron chi connectivity index (χ4n) is 1.92. The topological polar surface area (TPSA) is 47.6 Å². The van der Waals surface area contributed by atoms with Gasteiger partial charge in [-0.3, -0.25) is 4.79 Å². The Morgan fingerprint density at radius 1 is 1.17 bits per heavy atom. The average molecular weight is 352 g/mol. The van der Waals surface area contributed by atoms with E-state index in [1.807, 2.05) is 25.1 Å². The predicted molar refractivity (Wildman–Crippen MR) is 94.9 cm³/mol. The maximum atomic E-state index is 12.4. The largest absolute Gasteiger partial charge is 0.497 e. The van der Waals surface area contributed by atoms with E-state index < -0.39 is 0 Å². The molecule has 0 aliphatic rings. The first-order valence-electron chi connectivity index (χ1n) is 6.99. The quantitative estimate of drug-likeness (QED) is 0.780. The standard InChI is InChI=1S/C17H18ClNO3S/c1-11(23-16-7-5-4-6-13(16)18)17(20)19-14-9-8-12(21-2)10-15(14)22-3/h4-11H,1-3H3,(H,19,20). The fraction of sp³-hybridized carbons (Fsp3) is 0.235. The van der Waals surface area contributed by atoms with Crippen LogP contribution in [-0.2, 0) is 4.79 Å². The minimum Gasteiger partial charge on any atom is -0.497 e. The number of carbonyl (C=O) groups excluding carboxylic acids is 1. The molecular formula is C17H18ClNO3S. The third kappa shape index (κ3) is 4.56. The van der Waals surface area contributed by atoms with E-state index in [2.05, 4.69) is 5.32 Å². The average Bonchev–Trinajstić information content (AvgIpc) is 2.57. The first-order valence-corrected chi connectivity index (χ1v) is 8.25. The summed E-state index contributed by atoms with van der Waals surface area (Å²) in [7, 11) is 3.13. The molecule has 1 atom stereocenters. The third-order valence-electron chi connectivity index (χ3n) is 3.18. The molecule has 0 saturated heterocycles. The Morgan fingerprint density at radius 2 is 1.91 bits per heavy atom. The van der Waals surface area contributed by atoms with E-state index in [4.69, 9.17) is 21.1 Å². The summed E-state index contributed by atoms with van der Waals surface area (Å²) in [5.74, 6) is 1.09. The number of carbonyl (C=O) groups is 1. The van der Waals surface area contributed by atoms with Gasteiger partial charge in [0.1, 0.15) is 11.5 Å². The van der Waals surface area contributed by atoms with Gasteiger partial charge >= 0.3 is 0 Å². The number of nitrogens with one attached hydrogen (secondary N) is 1. The molecule has 0 aliphatic carbocycles. The van der Waals surface area contributed by atoms with Gasteiger partial charge in [0.2, 0.25) is 5.91 Å². The minimum absolute atomic E-state index is 0.126. The van der Waals surface area contributed by atoms with Crippen LogP contribution in [0.3, 0.4) is 0 Å². The van der Waals surface area contributed by atoms with Crippen molar-refractivity contribution in [2.24, 2.45) is 0 Å². The number of ether oxygens (including phenoxy) is 2. The monoisotopic (exact) mass is 351 g/mol. The summed E-state index contributed by atoms with van der Waals surface area (Å²) in [6.45, 7) is 1.83. The second-order valence-corrected chi connectivity index (χ2v) is 6.54. The number of anilines is 1. The van der Waals surface area contributed by atoms with Crippen molar-refractivity contribution in [2.75, 3.05) is 19.5 Å². The van der Waals surface area contributed by atoms with Gasteiger partial charge in [-0.2, -0.15) is 0 Å². The van der Waals surface area contributed by atoms with Crippen LogP contribution in [-0.4, -0.2) is 25.4 Å². The van der Waals surface area contributed by atoms with E-state index in [0.29, 0.717) is 22.2 Å². The molecule has 122 valence electrons. The molecule has 6 heteroatoms. The fourth-order valence-corrected chi connectivity index (χ4v) is 3.07. The molecule has 23 heavy (non-hydrogen) atoms. The van der Waals surface area contributed by atoms with Gasteiger partial charge < -0.3 is 14.8 Å². The van der Waals surface area contributed by atoms with E-state index >= 15 is 0 Å². The van der Waals surface area contributed by atoms with Gasteiger partial charge in [0, 0.05) is 11.0 Å². The maximum absolute atomic E-state index is 12.4. The summed E-state index contributed by atoms with van der Waals surface area (Å²) in [4.78, 5) is 13.3.